The standard InChI is InChI=1S/C20H29N3O4S/c1-22(2)16-9-7-15(8-10-16)18(23(3)4)14-21-28(24,25)17-11-12-19(26-5)20(13-17)27-6/h7-13,18,21H,14H2,1-6H3. The van der Waals surface area contributed by atoms with Gasteiger partial charge in [0, 0.05) is 38.4 Å². The molecule has 2 aromatic carbocycles. The van der Waals surface area contributed by atoms with Gasteiger partial charge >= 0.3 is 0 Å². The van der Waals surface area contributed by atoms with Gasteiger partial charge in [-0.1, -0.05) is 12.1 Å². The molecule has 0 fully saturated rings. The van der Waals surface area contributed by atoms with Crippen LogP contribution in [-0.4, -0.2) is 62.3 Å². The number of methoxy groups -OCH3 is 2. The van der Waals surface area contributed by atoms with Gasteiger partial charge in [0.05, 0.1) is 19.1 Å². The average molecular weight is 408 g/mol. The third-order valence-corrected chi connectivity index (χ3v) is 5.97. The van der Waals surface area contributed by atoms with Crippen LogP contribution in [0.3, 0.4) is 0 Å². The Morgan fingerprint density at radius 2 is 1.54 bits per heavy atom. The Balaban J connectivity index is 2.20. The van der Waals surface area contributed by atoms with Crippen LogP contribution in [0.5, 0.6) is 11.5 Å². The predicted molar refractivity (Wildman–Crippen MR) is 112 cm³/mol. The highest BCUT2D eigenvalue weighted by atomic mass is 32.2. The van der Waals surface area contributed by atoms with Crippen molar-refractivity contribution < 1.29 is 17.9 Å². The fourth-order valence-electron chi connectivity index (χ4n) is 2.85. The van der Waals surface area contributed by atoms with Crippen LogP contribution in [-0.2, 0) is 10.0 Å². The summed E-state index contributed by atoms with van der Waals surface area (Å²) in [6.45, 7) is 0.241. The van der Waals surface area contributed by atoms with E-state index >= 15 is 0 Å². The molecule has 1 N–H and O–H groups in total. The summed E-state index contributed by atoms with van der Waals surface area (Å²) in [6.07, 6.45) is 0. The van der Waals surface area contributed by atoms with Gasteiger partial charge in [-0.05, 0) is 43.9 Å². The van der Waals surface area contributed by atoms with Crippen LogP contribution in [0.4, 0.5) is 5.69 Å². The fraction of sp³-hybridized carbons (Fsp3) is 0.400. The number of rotatable bonds is 9. The lowest BCUT2D eigenvalue weighted by molar-refractivity contribution is 0.299. The van der Waals surface area contributed by atoms with E-state index in [9.17, 15) is 8.42 Å². The van der Waals surface area contributed by atoms with Crippen molar-refractivity contribution in [1.82, 2.24) is 9.62 Å². The van der Waals surface area contributed by atoms with E-state index in [1.54, 1.807) is 6.07 Å². The van der Waals surface area contributed by atoms with Crippen LogP contribution >= 0.6 is 0 Å². The van der Waals surface area contributed by atoms with Gasteiger partial charge in [-0.25, -0.2) is 13.1 Å². The van der Waals surface area contributed by atoms with Crippen LogP contribution in [0.2, 0.25) is 0 Å². The van der Waals surface area contributed by atoms with Crippen LogP contribution < -0.4 is 19.1 Å². The van der Waals surface area contributed by atoms with Gasteiger partial charge in [0.15, 0.2) is 11.5 Å². The highest BCUT2D eigenvalue weighted by Gasteiger charge is 2.21. The molecule has 2 aromatic rings. The van der Waals surface area contributed by atoms with E-state index < -0.39 is 10.0 Å². The Bertz CT molecular complexity index is 881. The van der Waals surface area contributed by atoms with E-state index in [1.165, 1.54) is 26.4 Å². The molecule has 0 spiro atoms. The Morgan fingerprint density at radius 1 is 0.929 bits per heavy atom. The van der Waals surface area contributed by atoms with Gasteiger partial charge in [0.1, 0.15) is 0 Å². The Kier molecular flexibility index (Phi) is 7.29. The first kappa shape index (κ1) is 22.0. The summed E-state index contributed by atoms with van der Waals surface area (Å²) in [7, 11) is 7.10. The number of benzene rings is 2. The molecule has 0 aliphatic carbocycles. The topological polar surface area (TPSA) is 71.1 Å². The smallest absolute Gasteiger partial charge is 0.240 e. The molecule has 0 amide bonds. The van der Waals surface area contributed by atoms with Crippen LogP contribution in [0, 0.1) is 0 Å². The largest absolute Gasteiger partial charge is 0.493 e. The summed E-state index contributed by atoms with van der Waals surface area (Å²) in [5.41, 5.74) is 2.12. The highest BCUT2D eigenvalue weighted by Crippen LogP contribution is 2.29. The Hall–Kier alpha value is -2.29. The first-order valence-corrected chi connectivity index (χ1v) is 10.3. The van der Waals surface area contributed by atoms with Gasteiger partial charge in [-0.3, -0.25) is 0 Å². The lowest BCUT2D eigenvalue weighted by Gasteiger charge is -2.26. The third-order valence-electron chi connectivity index (χ3n) is 4.55. The molecule has 0 saturated carbocycles. The molecule has 28 heavy (non-hydrogen) atoms. The molecule has 8 heteroatoms. The maximum atomic E-state index is 12.8. The van der Waals surface area contributed by atoms with E-state index in [2.05, 4.69) is 4.72 Å². The molecule has 0 radical (unpaired) electrons. The zero-order valence-corrected chi connectivity index (χ0v) is 18.1. The monoisotopic (exact) mass is 407 g/mol. The zero-order valence-electron chi connectivity index (χ0n) is 17.3. The van der Waals surface area contributed by atoms with Gasteiger partial charge in [0.25, 0.3) is 0 Å². The fourth-order valence-corrected chi connectivity index (χ4v) is 3.90. The average Bonchev–Trinajstić information content (AvgIpc) is 2.67. The first-order valence-electron chi connectivity index (χ1n) is 8.85. The Morgan fingerprint density at radius 3 is 2.04 bits per heavy atom. The third kappa shape index (κ3) is 5.15. The molecule has 0 heterocycles. The lowest BCUT2D eigenvalue weighted by atomic mass is 10.1. The van der Waals surface area contributed by atoms with E-state index in [-0.39, 0.29) is 17.5 Å². The molecule has 0 aliphatic rings. The molecule has 7 nitrogen and oxygen atoms in total. The molecule has 0 aliphatic heterocycles. The second-order valence-corrected chi connectivity index (χ2v) is 8.60. The van der Waals surface area contributed by atoms with Crippen LogP contribution in [0.25, 0.3) is 0 Å². The SMILES string of the molecule is COc1ccc(S(=O)(=O)NCC(c2ccc(N(C)C)cc2)N(C)C)cc1OC. The number of likely N-dealkylation sites (N-methyl/N-ethyl adjacent to an activating group) is 1. The van der Waals surface area contributed by atoms with E-state index in [0.717, 1.165) is 11.3 Å². The normalized spacial score (nSPS) is 12.7. The van der Waals surface area contributed by atoms with E-state index in [0.29, 0.717) is 11.5 Å². The lowest BCUT2D eigenvalue weighted by Crippen LogP contribution is -2.34. The molecular formula is C20H29N3O4S. The van der Waals surface area contributed by atoms with Crippen molar-refractivity contribution >= 4 is 15.7 Å². The minimum Gasteiger partial charge on any atom is -0.493 e. The van der Waals surface area contributed by atoms with Crippen molar-refractivity contribution in [2.75, 3.05) is 53.9 Å². The van der Waals surface area contributed by atoms with E-state index in [1.807, 2.05) is 62.3 Å². The molecule has 2 rings (SSSR count). The van der Waals surface area contributed by atoms with Crippen molar-refractivity contribution in [3.63, 3.8) is 0 Å². The summed E-state index contributed by atoms with van der Waals surface area (Å²) in [4.78, 5) is 4.14. The molecule has 1 atom stereocenters. The number of ether oxygens (including phenoxy) is 2. The van der Waals surface area contributed by atoms with Crippen molar-refractivity contribution in [1.29, 1.82) is 0 Å². The molecule has 1 unspecified atom stereocenters. The quantitative estimate of drug-likeness (QED) is 0.688. The van der Waals surface area contributed by atoms with Gasteiger partial charge in [-0.2, -0.15) is 0 Å². The Labute approximate surface area is 167 Å². The number of anilines is 1. The highest BCUT2D eigenvalue weighted by molar-refractivity contribution is 7.89. The second kappa shape index (κ2) is 9.27. The summed E-state index contributed by atoms with van der Waals surface area (Å²) < 4.78 is 38.6. The number of nitrogens with zero attached hydrogens (tertiary/aromatic N) is 2. The minimum atomic E-state index is -3.70. The number of sulfonamides is 1. The maximum absolute atomic E-state index is 12.8. The molecular weight excluding hydrogens is 378 g/mol. The summed E-state index contributed by atoms with van der Waals surface area (Å²) >= 11 is 0. The number of hydrogen-bond acceptors (Lipinski definition) is 6. The van der Waals surface area contributed by atoms with Gasteiger partial charge in [-0.15, -0.1) is 0 Å². The molecule has 0 bridgehead atoms. The van der Waals surface area contributed by atoms with Gasteiger partial charge < -0.3 is 19.3 Å². The molecule has 0 saturated heterocycles. The minimum absolute atomic E-state index is 0.105. The number of nitrogens with one attached hydrogen (secondary N) is 1. The van der Waals surface area contributed by atoms with Crippen LogP contribution in [0.1, 0.15) is 11.6 Å². The van der Waals surface area contributed by atoms with Crippen molar-refractivity contribution in [2.24, 2.45) is 0 Å². The summed E-state index contributed by atoms with van der Waals surface area (Å²) in [6, 6.07) is 12.5. The van der Waals surface area contributed by atoms with Gasteiger partial charge in [0.2, 0.25) is 10.0 Å². The first-order chi connectivity index (χ1) is 13.2. The van der Waals surface area contributed by atoms with Crippen molar-refractivity contribution in [3.8, 4) is 11.5 Å². The number of hydrogen-bond donors (Lipinski definition) is 1. The molecule has 154 valence electrons. The molecule has 0 aromatic heterocycles. The predicted octanol–water partition coefficient (Wildman–Crippen LogP) is 2.35. The zero-order chi connectivity index (χ0) is 20.9. The maximum Gasteiger partial charge on any atom is 0.240 e. The van der Waals surface area contributed by atoms with E-state index in [4.69, 9.17) is 9.47 Å². The summed E-state index contributed by atoms with van der Waals surface area (Å²) in [5.74, 6) is 0.849. The summed E-state index contributed by atoms with van der Waals surface area (Å²) in [5, 5.41) is 0. The van der Waals surface area contributed by atoms with Crippen molar-refractivity contribution in [2.45, 2.75) is 10.9 Å². The second-order valence-electron chi connectivity index (χ2n) is 6.83. The van der Waals surface area contributed by atoms with Crippen LogP contribution in [0.15, 0.2) is 47.4 Å². The van der Waals surface area contributed by atoms with Crippen molar-refractivity contribution in [3.05, 3.63) is 48.0 Å².